The number of hydrogen-bond acceptors (Lipinski definition) is 2. The molecule has 3 heteroatoms. The van der Waals surface area contributed by atoms with Crippen LogP contribution in [-0.4, -0.2) is 6.54 Å². The molecule has 1 heterocycles. The third-order valence-electron chi connectivity index (χ3n) is 4.21. The van der Waals surface area contributed by atoms with E-state index in [-0.39, 0.29) is 0 Å². The highest BCUT2D eigenvalue weighted by molar-refractivity contribution is 9.11. The van der Waals surface area contributed by atoms with Crippen LogP contribution in [-0.2, 0) is 0 Å². The van der Waals surface area contributed by atoms with Crippen LogP contribution in [0.15, 0.2) is 9.85 Å². The second kappa shape index (κ2) is 7.80. The second-order valence-electron chi connectivity index (χ2n) is 5.81. The van der Waals surface area contributed by atoms with Crippen molar-refractivity contribution in [2.45, 2.75) is 64.8 Å². The third-order valence-corrected chi connectivity index (χ3v) is 6.46. The lowest BCUT2D eigenvalue weighted by Crippen LogP contribution is -2.22. The molecule has 108 valence electrons. The summed E-state index contributed by atoms with van der Waals surface area (Å²) >= 11 is 5.57. The van der Waals surface area contributed by atoms with Gasteiger partial charge in [-0.15, -0.1) is 11.3 Å². The van der Waals surface area contributed by atoms with E-state index in [1.807, 2.05) is 11.3 Å². The largest absolute Gasteiger partial charge is 0.310 e. The van der Waals surface area contributed by atoms with Crippen LogP contribution in [0.5, 0.6) is 0 Å². The molecule has 0 saturated heterocycles. The van der Waals surface area contributed by atoms with Crippen molar-refractivity contribution < 1.29 is 0 Å². The Morgan fingerprint density at radius 3 is 2.53 bits per heavy atom. The first kappa shape index (κ1) is 15.5. The minimum atomic E-state index is 0.558. The summed E-state index contributed by atoms with van der Waals surface area (Å²) in [6, 6.07) is 2.92. The average molecular weight is 344 g/mol. The highest BCUT2D eigenvalue weighted by Crippen LogP contribution is 2.36. The molecule has 1 aliphatic carbocycles. The predicted molar refractivity (Wildman–Crippen MR) is 89.0 cm³/mol. The molecular weight excluding hydrogens is 318 g/mol. The Balaban J connectivity index is 2.02. The van der Waals surface area contributed by atoms with Crippen LogP contribution in [0.4, 0.5) is 0 Å². The monoisotopic (exact) mass is 343 g/mol. The van der Waals surface area contributed by atoms with E-state index in [2.05, 4.69) is 41.2 Å². The van der Waals surface area contributed by atoms with E-state index in [1.54, 1.807) is 0 Å². The van der Waals surface area contributed by atoms with Crippen molar-refractivity contribution in [3.8, 4) is 0 Å². The predicted octanol–water partition coefficient (Wildman–Crippen LogP) is 5.83. The fraction of sp³-hybridized carbons (Fsp3) is 0.750. The Labute approximate surface area is 130 Å². The molecule has 1 unspecified atom stereocenters. The molecule has 1 aromatic heterocycles. The number of halogens is 1. The summed E-state index contributed by atoms with van der Waals surface area (Å²) < 4.78 is 1.30. The Bertz CT molecular complexity index is 361. The Morgan fingerprint density at radius 1 is 1.32 bits per heavy atom. The van der Waals surface area contributed by atoms with Gasteiger partial charge >= 0.3 is 0 Å². The molecule has 1 nitrogen and oxygen atoms in total. The van der Waals surface area contributed by atoms with Gasteiger partial charge in [0.25, 0.3) is 0 Å². The van der Waals surface area contributed by atoms with Crippen molar-refractivity contribution in [2.75, 3.05) is 6.54 Å². The molecule has 0 bridgehead atoms. The van der Waals surface area contributed by atoms with Crippen molar-refractivity contribution in [3.63, 3.8) is 0 Å². The van der Waals surface area contributed by atoms with Gasteiger partial charge < -0.3 is 5.32 Å². The van der Waals surface area contributed by atoms with Gasteiger partial charge in [0.05, 0.1) is 3.79 Å². The van der Waals surface area contributed by atoms with Gasteiger partial charge in [-0.1, -0.05) is 45.4 Å². The van der Waals surface area contributed by atoms with E-state index in [4.69, 9.17) is 0 Å². The molecule has 1 atom stereocenters. The van der Waals surface area contributed by atoms with Crippen molar-refractivity contribution >= 4 is 27.3 Å². The van der Waals surface area contributed by atoms with Gasteiger partial charge in [-0.25, -0.2) is 0 Å². The van der Waals surface area contributed by atoms with Gasteiger partial charge in [0, 0.05) is 10.9 Å². The lowest BCUT2D eigenvalue weighted by atomic mass is 9.92. The molecule has 0 spiro atoms. The smallest absolute Gasteiger partial charge is 0.0731 e. The first-order chi connectivity index (χ1) is 9.20. The van der Waals surface area contributed by atoms with Crippen LogP contribution in [0.25, 0.3) is 0 Å². The van der Waals surface area contributed by atoms with E-state index in [0.717, 1.165) is 12.5 Å². The second-order valence-corrected chi connectivity index (χ2v) is 8.21. The number of hydrogen-bond donors (Lipinski definition) is 1. The molecule has 1 N–H and O–H groups in total. The maximum atomic E-state index is 3.70. The fourth-order valence-electron chi connectivity index (χ4n) is 3.13. The van der Waals surface area contributed by atoms with E-state index in [0.29, 0.717) is 6.04 Å². The topological polar surface area (TPSA) is 12.0 Å². The molecule has 1 saturated carbocycles. The molecule has 1 aliphatic rings. The summed E-state index contributed by atoms with van der Waals surface area (Å²) in [6.07, 6.45) is 9.98. The van der Waals surface area contributed by atoms with E-state index in [1.165, 1.54) is 59.2 Å². The Kier molecular flexibility index (Phi) is 6.37. The quantitative estimate of drug-likeness (QED) is 0.663. The van der Waals surface area contributed by atoms with E-state index >= 15 is 0 Å². The summed E-state index contributed by atoms with van der Waals surface area (Å²) in [5.74, 6) is 0.924. The van der Waals surface area contributed by atoms with Crippen molar-refractivity contribution in [2.24, 2.45) is 5.92 Å². The Hall–Kier alpha value is 0.140. The minimum Gasteiger partial charge on any atom is -0.310 e. The lowest BCUT2D eigenvalue weighted by molar-refractivity contribution is 0.362. The fourth-order valence-corrected chi connectivity index (χ4v) is 4.79. The minimum absolute atomic E-state index is 0.558. The van der Waals surface area contributed by atoms with Crippen LogP contribution in [0.1, 0.15) is 68.4 Å². The van der Waals surface area contributed by atoms with Crippen LogP contribution in [0.3, 0.4) is 0 Å². The van der Waals surface area contributed by atoms with Gasteiger partial charge in [0.1, 0.15) is 0 Å². The highest BCUT2D eigenvalue weighted by Gasteiger charge is 2.20. The van der Waals surface area contributed by atoms with Crippen molar-refractivity contribution in [3.05, 3.63) is 20.3 Å². The summed E-state index contributed by atoms with van der Waals surface area (Å²) in [7, 11) is 0. The molecule has 1 aromatic rings. The molecule has 0 aromatic carbocycles. The standard InChI is InChI=1S/C16H26BrNS/c1-3-18-14(15-10-12(2)16(17)19-15)11-13-8-6-4-5-7-9-13/h10,13-14,18H,3-9,11H2,1-2H3. The summed E-state index contributed by atoms with van der Waals surface area (Å²) in [5, 5.41) is 3.70. The molecule has 2 rings (SSSR count). The number of rotatable bonds is 5. The molecule has 19 heavy (non-hydrogen) atoms. The maximum Gasteiger partial charge on any atom is 0.0731 e. The zero-order chi connectivity index (χ0) is 13.7. The SMILES string of the molecule is CCNC(CC1CCCCCC1)c1cc(C)c(Br)s1. The summed E-state index contributed by atoms with van der Waals surface area (Å²) in [5.41, 5.74) is 1.38. The summed E-state index contributed by atoms with van der Waals surface area (Å²) in [6.45, 7) is 5.47. The lowest BCUT2D eigenvalue weighted by Gasteiger charge is -2.22. The van der Waals surface area contributed by atoms with E-state index in [9.17, 15) is 0 Å². The molecule has 1 fully saturated rings. The zero-order valence-corrected chi connectivity index (χ0v) is 14.6. The zero-order valence-electron chi connectivity index (χ0n) is 12.2. The van der Waals surface area contributed by atoms with Crippen molar-refractivity contribution in [1.29, 1.82) is 0 Å². The van der Waals surface area contributed by atoms with Gasteiger partial charge in [0.15, 0.2) is 0 Å². The van der Waals surface area contributed by atoms with Crippen LogP contribution in [0.2, 0.25) is 0 Å². The van der Waals surface area contributed by atoms with Crippen LogP contribution < -0.4 is 5.32 Å². The van der Waals surface area contributed by atoms with E-state index < -0.39 is 0 Å². The van der Waals surface area contributed by atoms with Gasteiger partial charge in [-0.2, -0.15) is 0 Å². The molecule has 0 radical (unpaired) electrons. The number of aryl methyl sites for hydroxylation is 1. The first-order valence-electron chi connectivity index (χ1n) is 7.70. The first-order valence-corrected chi connectivity index (χ1v) is 9.31. The molecular formula is C16H26BrNS. The maximum absolute atomic E-state index is 3.70. The van der Waals surface area contributed by atoms with Gasteiger partial charge in [0.2, 0.25) is 0 Å². The van der Waals surface area contributed by atoms with Gasteiger partial charge in [-0.05, 0) is 53.4 Å². The third kappa shape index (κ3) is 4.57. The van der Waals surface area contributed by atoms with Crippen LogP contribution in [0, 0.1) is 12.8 Å². The van der Waals surface area contributed by atoms with Gasteiger partial charge in [-0.3, -0.25) is 0 Å². The highest BCUT2D eigenvalue weighted by atomic mass is 79.9. The summed E-state index contributed by atoms with van der Waals surface area (Å²) in [4.78, 5) is 1.51. The number of thiophene rings is 1. The normalized spacial score (nSPS) is 19.3. The Morgan fingerprint density at radius 2 is 2.00 bits per heavy atom. The average Bonchev–Trinajstić information content (AvgIpc) is 2.60. The molecule has 0 aliphatic heterocycles. The van der Waals surface area contributed by atoms with Crippen LogP contribution >= 0.6 is 27.3 Å². The number of nitrogens with one attached hydrogen (secondary N) is 1. The van der Waals surface area contributed by atoms with Crippen molar-refractivity contribution in [1.82, 2.24) is 5.32 Å². The molecule has 0 amide bonds.